The van der Waals surface area contributed by atoms with Crippen LogP contribution in [-0.2, 0) is 14.8 Å². The third-order valence-corrected chi connectivity index (χ3v) is 5.49. The summed E-state index contributed by atoms with van der Waals surface area (Å²) in [5.41, 5.74) is 0.940. The SMILES string of the molecule is CC(C(=O)Nc1ccccc1Br)N(c1ccc(Cl)cc1)S(C)(=O)=O. The second-order valence-electron chi connectivity index (χ2n) is 5.18. The van der Waals surface area contributed by atoms with Crippen LogP contribution in [0.2, 0.25) is 5.02 Å². The second kappa shape index (κ2) is 7.55. The zero-order valence-corrected chi connectivity index (χ0v) is 16.2. The molecule has 2 aromatic rings. The van der Waals surface area contributed by atoms with Gasteiger partial charge in [0.2, 0.25) is 15.9 Å². The van der Waals surface area contributed by atoms with E-state index in [1.54, 1.807) is 42.5 Å². The molecule has 2 aromatic carbocycles. The fourth-order valence-electron chi connectivity index (χ4n) is 2.20. The van der Waals surface area contributed by atoms with Crippen LogP contribution in [0.1, 0.15) is 6.92 Å². The summed E-state index contributed by atoms with van der Waals surface area (Å²) in [6.45, 7) is 1.53. The van der Waals surface area contributed by atoms with E-state index in [4.69, 9.17) is 11.6 Å². The number of hydrogen-bond acceptors (Lipinski definition) is 3. The van der Waals surface area contributed by atoms with Gasteiger partial charge in [-0.15, -0.1) is 0 Å². The molecule has 0 heterocycles. The van der Waals surface area contributed by atoms with Crippen LogP contribution < -0.4 is 9.62 Å². The Kier molecular flexibility index (Phi) is 5.90. The standard InChI is InChI=1S/C16H16BrClN2O3S/c1-11(16(21)19-15-6-4-3-5-14(15)17)20(24(2,22)23)13-9-7-12(18)8-10-13/h3-11H,1-2H3,(H,19,21). The second-order valence-corrected chi connectivity index (χ2v) is 8.33. The first-order valence-corrected chi connectivity index (χ1v) is 10.0. The lowest BCUT2D eigenvalue weighted by Crippen LogP contribution is -2.45. The molecule has 0 saturated carbocycles. The Morgan fingerprint density at radius 3 is 2.29 bits per heavy atom. The lowest BCUT2D eigenvalue weighted by Gasteiger charge is -2.28. The van der Waals surface area contributed by atoms with Crippen molar-refractivity contribution in [3.8, 4) is 0 Å². The topological polar surface area (TPSA) is 66.5 Å². The number of benzene rings is 2. The predicted octanol–water partition coefficient (Wildman–Crippen LogP) is 3.90. The number of carbonyl (C=O) groups is 1. The first-order valence-electron chi connectivity index (χ1n) is 7.00. The summed E-state index contributed by atoms with van der Waals surface area (Å²) in [5.74, 6) is -0.442. The monoisotopic (exact) mass is 430 g/mol. The summed E-state index contributed by atoms with van der Waals surface area (Å²) < 4.78 is 26.1. The number of nitrogens with one attached hydrogen (secondary N) is 1. The van der Waals surface area contributed by atoms with Crippen molar-refractivity contribution >= 4 is 54.8 Å². The molecule has 0 aliphatic rings. The van der Waals surface area contributed by atoms with Crippen LogP contribution in [0.3, 0.4) is 0 Å². The van der Waals surface area contributed by atoms with Gasteiger partial charge in [0.1, 0.15) is 6.04 Å². The van der Waals surface area contributed by atoms with Crippen LogP contribution in [0, 0.1) is 0 Å². The number of carbonyl (C=O) groups excluding carboxylic acids is 1. The summed E-state index contributed by atoms with van der Waals surface area (Å²) in [7, 11) is -3.66. The maximum absolute atomic E-state index is 12.5. The van der Waals surface area contributed by atoms with Crippen LogP contribution >= 0.6 is 27.5 Å². The highest BCUT2D eigenvalue weighted by Gasteiger charge is 2.29. The molecule has 1 unspecified atom stereocenters. The highest BCUT2D eigenvalue weighted by molar-refractivity contribution is 9.10. The zero-order chi connectivity index (χ0) is 17.9. The van der Waals surface area contributed by atoms with Crippen LogP contribution in [-0.4, -0.2) is 26.6 Å². The number of para-hydroxylation sites is 1. The molecule has 5 nitrogen and oxygen atoms in total. The van der Waals surface area contributed by atoms with Gasteiger partial charge in [-0.2, -0.15) is 0 Å². The molecule has 128 valence electrons. The van der Waals surface area contributed by atoms with Gasteiger partial charge >= 0.3 is 0 Å². The molecule has 0 bridgehead atoms. The van der Waals surface area contributed by atoms with Crippen LogP contribution in [0.25, 0.3) is 0 Å². The molecule has 1 N–H and O–H groups in total. The minimum absolute atomic E-state index is 0.372. The number of hydrogen-bond donors (Lipinski definition) is 1. The maximum Gasteiger partial charge on any atom is 0.248 e. The quantitative estimate of drug-likeness (QED) is 0.781. The number of halogens is 2. The fraction of sp³-hybridized carbons (Fsp3) is 0.188. The molecule has 1 amide bonds. The summed E-state index contributed by atoms with van der Waals surface area (Å²) in [6.07, 6.45) is 1.06. The normalized spacial score (nSPS) is 12.5. The van der Waals surface area contributed by atoms with Gasteiger partial charge in [-0.25, -0.2) is 8.42 Å². The first kappa shape index (κ1) is 18.8. The van der Waals surface area contributed by atoms with Gasteiger partial charge in [-0.05, 0) is 59.3 Å². The van der Waals surface area contributed by atoms with Gasteiger partial charge in [-0.3, -0.25) is 9.10 Å². The van der Waals surface area contributed by atoms with E-state index in [9.17, 15) is 13.2 Å². The number of sulfonamides is 1. The molecule has 0 aliphatic carbocycles. The minimum atomic E-state index is -3.66. The molecule has 0 radical (unpaired) electrons. The van der Waals surface area contributed by atoms with Crippen LogP contribution in [0.5, 0.6) is 0 Å². The number of anilines is 2. The molecule has 0 spiro atoms. The van der Waals surface area contributed by atoms with E-state index in [2.05, 4.69) is 21.2 Å². The van der Waals surface area contributed by atoms with Gasteiger partial charge in [-0.1, -0.05) is 23.7 Å². The van der Waals surface area contributed by atoms with Crippen molar-refractivity contribution in [2.45, 2.75) is 13.0 Å². The van der Waals surface area contributed by atoms with Crippen molar-refractivity contribution in [1.82, 2.24) is 0 Å². The fourth-order valence-corrected chi connectivity index (χ4v) is 3.88. The Balaban J connectivity index is 2.31. The van der Waals surface area contributed by atoms with Crippen molar-refractivity contribution in [2.75, 3.05) is 15.9 Å². The highest BCUT2D eigenvalue weighted by atomic mass is 79.9. The van der Waals surface area contributed by atoms with Crippen molar-refractivity contribution in [3.63, 3.8) is 0 Å². The third-order valence-electron chi connectivity index (χ3n) is 3.30. The Morgan fingerprint density at radius 2 is 1.75 bits per heavy atom. The average Bonchev–Trinajstić information content (AvgIpc) is 2.50. The van der Waals surface area contributed by atoms with Crippen molar-refractivity contribution < 1.29 is 13.2 Å². The van der Waals surface area contributed by atoms with E-state index in [-0.39, 0.29) is 0 Å². The molecule has 8 heteroatoms. The van der Waals surface area contributed by atoms with Gasteiger partial charge < -0.3 is 5.32 Å². The smallest absolute Gasteiger partial charge is 0.248 e. The molecule has 2 rings (SSSR count). The van der Waals surface area contributed by atoms with Gasteiger partial charge in [0, 0.05) is 9.50 Å². The lowest BCUT2D eigenvalue weighted by atomic mass is 10.2. The van der Waals surface area contributed by atoms with E-state index in [1.165, 1.54) is 6.92 Å². The Hall–Kier alpha value is -1.57. The lowest BCUT2D eigenvalue weighted by molar-refractivity contribution is -0.116. The van der Waals surface area contributed by atoms with Gasteiger partial charge in [0.05, 0.1) is 17.6 Å². The van der Waals surface area contributed by atoms with E-state index in [0.717, 1.165) is 10.6 Å². The van der Waals surface area contributed by atoms with E-state index in [0.29, 0.717) is 20.9 Å². The summed E-state index contributed by atoms with van der Waals surface area (Å²) >= 11 is 9.19. The van der Waals surface area contributed by atoms with Crippen molar-refractivity contribution in [3.05, 3.63) is 58.0 Å². The van der Waals surface area contributed by atoms with Crippen LogP contribution in [0.4, 0.5) is 11.4 Å². The molecule has 0 saturated heterocycles. The molecular formula is C16H16BrClN2O3S. The van der Waals surface area contributed by atoms with Crippen molar-refractivity contribution in [1.29, 1.82) is 0 Å². The van der Waals surface area contributed by atoms with Crippen LogP contribution in [0.15, 0.2) is 53.0 Å². The summed E-state index contributed by atoms with van der Waals surface area (Å²) in [6, 6.07) is 12.4. The Bertz CT molecular complexity index is 841. The van der Waals surface area contributed by atoms with E-state index in [1.807, 2.05) is 6.07 Å². The highest BCUT2D eigenvalue weighted by Crippen LogP contribution is 2.25. The Morgan fingerprint density at radius 1 is 1.17 bits per heavy atom. The van der Waals surface area contributed by atoms with Crippen molar-refractivity contribution in [2.24, 2.45) is 0 Å². The predicted molar refractivity (Wildman–Crippen MR) is 101 cm³/mol. The Labute approximate surface area is 154 Å². The molecule has 1 atom stereocenters. The summed E-state index contributed by atoms with van der Waals surface area (Å²) in [5, 5.41) is 3.21. The van der Waals surface area contributed by atoms with E-state index >= 15 is 0 Å². The largest absolute Gasteiger partial charge is 0.323 e. The minimum Gasteiger partial charge on any atom is -0.323 e. The van der Waals surface area contributed by atoms with E-state index < -0.39 is 22.0 Å². The molecule has 0 fully saturated rings. The maximum atomic E-state index is 12.5. The molecule has 0 aliphatic heterocycles. The van der Waals surface area contributed by atoms with Gasteiger partial charge in [0.25, 0.3) is 0 Å². The molecule has 0 aromatic heterocycles. The number of nitrogens with zero attached hydrogens (tertiary/aromatic N) is 1. The average molecular weight is 432 g/mol. The third kappa shape index (κ3) is 4.49. The van der Waals surface area contributed by atoms with Gasteiger partial charge in [0.15, 0.2) is 0 Å². The number of amides is 1. The zero-order valence-electron chi connectivity index (χ0n) is 13.0. The molecular weight excluding hydrogens is 416 g/mol. The summed E-state index contributed by atoms with van der Waals surface area (Å²) in [4.78, 5) is 12.5. The molecule has 24 heavy (non-hydrogen) atoms. The first-order chi connectivity index (χ1) is 11.2. The number of rotatable bonds is 5.